The maximum Gasteiger partial charge on any atom is 0.179 e. The molecule has 4 heteroatoms. The van der Waals surface area contributed by atoms with Gasteiger partial charge < -0.3 is 9.47 Å². The number of methoxy groups -OCH3 is 1. The van der Waals surface area contributed by atoms with E-state index < -0.39 is 0 Å². The van der Waals surface area contributed by atoms with Crippen LogP contribution in [-0.2, 0) is 11.8 Å². The fraction of sp³-hybridized carbons (Fsp3) is 0.294. The van der Waals surface area contributed by atoms with E-state index in [0.29, 0.717) is 29.0 Å². The molecular formula is C17H16BrClO2. The third-order valence-corrected chi connectivity index (χ3v) is 4.76. The third-order valence-electron chi connectivity index (χ3n) is 3.83. The highest BCUT2D eigenvalue weighted by Crippen LogP contribution is 2.40. The molecule has 1 aliphatic rings. The highest BCUT2D eigenvalue weighted by Gasteiger charge is 2.26. The van der Waals surface area contributed by atoms with Crippen molar-refractivity contribution in [2.75, 3.05) is 13.7 Å². The zero-order valence-corrected chi connectivity index (χ0v) is 14.1. The molecule has 0 heterocycles. The van der Waals surface area contributed by atoms with Crippen molar-refractivity contribution in [2.24, 2.45) is 0 Å². The SMILES string of the molecule is COc1cc(CBr)cc(Cl)c1OCC1Cc2ccccc21. The first-order valence-electron chi connectivity index (χ1n) is 6.86. The fourth-order valence-corrected chi connectivity index (χ4v) is 3.30. The Hall–Kier alpha value is -1.19. The molecule has 1 unspecified atom stereocenters. The van der Waals surface area contributed by atoms with E-state index >= 15 is 0 Å². The Kier molecular flexibility index (Phi) is 4.41. The van der Waals surface area contributed by atoms with Crippen molar-refractivity contribution < 1.29 is 9.47 Å². The molecule has 0 saturated heterocycles. The molecule has 0 amide bonds. The smallest absolute Gasteiger partial charge is 0.179 e. The third kappa shape index (κ3) is 2.90. The summed E-state index contributed by atoms with van der Waals surface area (Å²) >= 11 is 9.74. The molecule has 21 heavy (non-hydrogen) atoms. The number of hydrogen-bond donors (Lipinski definition) is 0. The van der Waals surface area contributed by atoms with Crippen LogP contribution in [0.2, 0.25) is 5.02 Å². The summed E-state index contributed by atoms with van der Waals surface area (Å²) in [6.07, 6.45) is 1.07. The lowest BCUT2D eigenvalue weighted by Gasteiger charge is -2.30. The molecule has 0 bridgehead atoms. The van der Waals surface area contributed by atoms with Crippen molar-refractivity contribution in [3.05, 3.63) is 58.1 Å². The second kappa shape index (κ2) is 6.29. The average Bonchev–Trinajstić information content (AvgIpc) is 2.48. The van der Waals surface area contributed by atoms with Crippen molar-refractivity contribution in [1.82, 2.24) is 0 Å². The van der Waals surface area contributed by atoms with Gasteiger partial charge in [-0.3, -0.25) is 0 Å². The van der Waals surface area contributed by atoms with Gasteiger partial charge in [0.2, 0.25) is 0 Å². The average molecular weight is 368 g/mol. The summed E-state index contributed by atoms with van der Waals surface area (Å²) in [7, 11) is 1.63. The van der Waals surface area contributed by atoms with Crippen LogP contribution >= 0.6 is 27.5 Å². The Bertz CT molecular complexity index is 657. The number of halogens is 2. The van der Waals surface area contributed by atoms with Crippen LogP contribution < -0.4 is 9.47 Å². The number of rotatable bonds is 5. The molecule has 1 atom stereocenters. The van der Waals surface area contributed by atoms with Gasteiger partial charge in [0.25, 0.3) is 0 Å². The Morgan fingerprint density at radius 3 is 2.81 bits per heavy atom. The van der Waals surface area contributed by atoms with Gasteiger partial charge in [-0.15, -0.1) is 0 Å². The normalized spacial score (nSPS) is 16.0. The lowest BCUT2D eigenvalue weighted by molar-refractivity contribution is 0.261. The predicted molar refractivity (Wildman–Crippen MR) is 89.0 cm³/mol. The fourth-order valence-electron chi connectivity index (χ4n) is 2.69. The summed E-state index contributed by atoms with van der Waals surface area (Å²) in [6.45, 7) is 0.626. The second-order valence-electron chi connectivity index (χ2n) is 5.15. The van der Waals surface area contributed by atoms with Gasteiger partial charge in [0.05, 0.1) is 18.7 Å². The molecule has 2 aromatic carbocycles. The maximum absolute atomic E-state index is 6.31. The highest BCUT2D eigenvalue weighted by molar-refractivity contribution is 9.08. The van der Waals surface area contributed by atoms with Gasteiger partial charge >= 0.3 is 0 Å². The van der Waals surface area contributed by atoms with Gasteiger partial charge in [0, 0.05) is 11.2 Å². The first-order chi connectivity index (χ1) is 10.2. The molecule has 0 radical (unpaired) electrons. The number of benzene rings is 2. The molecule has 0 spiro atoms. The zero-order valence-electron chi connectivity index (χ0n) is 11.7. The largest absolute Gasteiger partial charge is 0.493 e. The van der Waals surface area contributed by atoms with Gasteiger partial charge in [-0.1, -0.05) is 51.8 Å². The Balaban J connectivity index is 1.74. The molecule has 0 aromatic heterocycles. The quantitative estimate of drug-likeness (QED) is 0.695. The van der Waals surface area contributed by atoms with Crippen molar-refractivity contribution >= 4 is 27.5 Å². The van der Waals surface area contributed by atoms with Gasteiger partial charge in [-0.2, -0.15) is 0 Å². The minimum Gasteiger partial charge on any atom is -0.493 e. The molecule has 0 saturated carbocycles. The minimum absolute atomic E-state index is 0.442. The first kappa shape index (κ1) is 14.7. The monoisotopic (exact) mass is 366 g/mol. The lowest BCUT2D eigenvalue weighted by Crippen LogP contribution is -2.23. The Morgan fingerprint density at radius 2 is 2.10 bits per heavy atom. The molecule has 3 rings (SSSR count). The van der Waals surface area contributed by atoms with Crippen LogP contribution in [0.15, 0.2) is 36.4 Å². The van der Waals surface area contributed by atoms with Gasteiger partial charge in [-0.25, -0.2) is 0 Å². The van der Waals surface area contributed by atoms with E-state index in [2.05, 4.69) is 40.2 Å². The van der Waals surface area contributed by atoms with Gasteiger partial charge in [0.15, 0.2) is 11.5 Å². The summed E-state index contributed by atoms with van der Waals surface area (Å²) in [5.74, 6) is 1.76. The number of hydrogen-bond acceptors (Lipinski definition) is 2. The van der Waals surface area contributed by atoms with Gasteiger partial charge in [-0.05, 0) is 35.2 Å². The number of alkyl halides is 1. The summed E-state index contributed by atoms with van der Waals surface area (Å²) in [4.78, 5) is 0. The standard InChI is InChI=1S/C17H16BrClO2/c1-20-16-7-11(9-18)6-15(19)17(16)21-10-13-8-12-4-2-3-5-14(12)13/h2-7,13H,8-10H2,1H3. The van der Waals surface area contributed by atoms with Crippen molar-refractivity contribution in [3.63, 3.8) is 0 Å². The molecule has 0 fully saturated rings. The topological polar surface area (TPSA) is 18.5 Å². The summed E-state index contributed by atoms with van der Waals surface area (Å²) < 4.78 is 11.3. The molecule has 2 nitrogen and oxygen atoms in total. The van der Waals surface area contributed by atoms with Crippen LogP contribution in [0.1, 0.15) is 22.6 Å². The van der Waals surface area contributed by atoms with Crippen LogP contribution in [-0.4, -0.2) is 13.7 Å². The van der Waals surface area contributed by atoms with E-state index in [1.54, 1.807) is 7.11 Å². The highest BCUT2D eigenvalue weighted by atomic mass is 79.9. The molecular weight excluding hydrogens is 352 g/mol. The lowest BCUT2D eigenvalue weighted by atomic mass is 9.78. The van der Waals surface area contributed by atoms with Crippen molar-refractivity contribution in [1.29, 1.82) is 0 Å². The molecule has 0 aliphatic heterocycles. The van der Waals surface area contributed by atoms with Gasteiger partial charge in [0.1, 0.15) is 0 Å². The second-order valence-corrected chi connectivity index (χ2v) is 6.12. The summed E-state index contributed by atoms with van der Waals surface area (Å²) in [6, 6.07) is 12.3. The van der Waals surface area contributed by atoms with Crippen LogP contribution in [0.4, 0.5) is 0 Å². The Labute approximate surface area is 138 Å². The molecule has 2 aromatic rings. The van der Waals surface area contributed by atoms with Crippen LogP contribution in [0.5, 0.6) is 11.5 Å². The first-order valence-corrected chi connectivity index (χ1v) is 8.36. The maximum atomic E-state index is 6.31. The van der Waals surface area contributed by atoms with Crippen LogP contribution in [0, 0.1) is 0 Å². The molecule has 1 aliphatic carbocycles. The van der Waals surface area contributed by atoms with Crippen LogP contribution in [0.3, 0.4) is 0 Å². The molecule has 110 valence electrons. The molecule has 0 N–H and O–H groups in total. The summed E-state index contributed by atoms with van der Waals surface area (Å²) in [5, 5.41) is 1.33. The van der Waals surface area contributed by atoms with E-state index in [0.717, 1.165) is 17.3 Å². The number of ether oxygens (including phenoxy) is 2. The Morgan fingerprint density at radius 1 is 1.29 bits per heavy atom. The van der Waals surface area contributed by atoms with E-state index in [1.165, 1.54) is 11.1 Å². The van der Waals surface area contributed by atoms with E-state index in [9.17, 15) is 0 Å². The summed E-state index contributed by atoms with van der Waals surface area (Å²) in [5.41, 5.74) is 3.86. The van der Waals surface area contributed by atoms with E-state index in [1.807, 2.05) is 12.1 Å². The number of fused-ring (bicyclic) bond motifs is 1. The van der Waals surface area contributed by atoms with Crippen molar-refractivity contribution in [2.45, 2.75) is 17.7 Å². The van der Waals surface area contributed by atoms with Crippen molar-refractivity contribution in [3.8, 4) is 11.5 Å². The zero-order chi connectivity index (χ0) is 14.8. The van der Waals surface area contributed by atoms with E-state index in [4.69, 9.17) is 21.1 Å². The minimum atomic E-state index is 0.442. The van der Waals surface area contributed by atoms with Crippen LogP contribution in [0.25, 0.3) is 0 Å². The van der Waals surface area contributed by atoms with E-state index in [-0.39, 0.29) is 0 Å². The predicted octanol–water partition coefficient (Wildman–Crippen LogP) is 4.96.